The monoisotopic (exact) mass is 860 g/mol. The second kappa shape index (κ2) is 18.4. The van der Waals surface area contributed by atoms with Gasteiger partial charge in [-0.05, 0) is 141 Å². The molecule has 0 aliphatic heterocycles. The summed E-state index contributed by atoms with van der Waals surface area (Å²) < 4.78 is 6.24. The molecule has 0 aliphatic carbocycles. The average Bonchev–Trinajstić information content (AvgIpc) is 3.32. The molecule has 0 atom stereocenters. The summed E-state index contributed by atoms with van der Waals surface area (Å²) >= 11 is 0. The zero-order chi connectivity index (χ0) is 45.8. The molecule has 0 amide bonds. The Morgan fingerprint density at radius 1 is 0.455 bits per heavy atom. The van der Waals surface area contributed by atoms with Crippen molar-refractivity contribution in [3.8, 4) is 28.0 Å². The van der Waals surface area contributed by atoms with Crippen molar-refractivity contribution >= 4 is 50.9 Å². The van der Waals surface area contributed by atoms with Crippen molar-refractivity contribution < 1.29 is 4.74 Å². The maximum absolute atomic E-state index is 9.20. The first kappa shape index (κ1) is 43.5. The Balaban J connectivity index is 1.20. The van der Waals surface area contributed by atoms with E-state index in [-0.39, 0.29) is 23.1 Å². The largest absolute Gasteiger partial charge is 0.443 e. The van der Waals surface area contributed by atoms with Crippen LogP contribution in [0.4, 0.5) is 34.1 Å². The third-order valence-electron chi connectivity index (χ3n) is 12.1. The molecule has 0 fully saturated rings. The Morgan fingerprint density at radius 3 is 1.56 bits per heavy atom. The minimum Gasteiger partial charge on any atom is -0.443 e. The SMILES string of the molecule is CC(C)(C)c1ccc(N(c2ccc(C(C)(C)C)cc2)c2ccc(-c3cc(CC(=N)Oc4ccc5cccnc5c4)cc(N(c4ccccc4)c4ccccc4)c3)c(-c3ccccc3)c2)cc1. The lowest BCUT2D eigenvalue weighted by atomic mass is 9.86. The van der Waals surface area contributed by atoms with Crippen LogP contribution in [-0.2, 0) is 17.3 Å². The fraction of sp³-hybridized carbons (Fsp3) is 0.148. The van der Waals surface area contributed by atoms with E-state index in [0.29, 0.717) is 5.75 Å². The minimum absolute atomic E-state index is 0.0301. The van der Waals surface area contributed by atoms with Crippen LogP contribution in [0.2, 0.25) is 0 Å². The number of rotatable bonds is 11. The maximum atomic E-state index is 9.20. The molecule has 1 heterocycles. The summed E-state index contributed by atoms with van der Waals surface area (Å²) in [4.78, 5) is 9.17. The van der Waals surface area contributed by atoms with E-state index in [9.17, 15) is 5.41 Å². The molecule has 5 nitrogen and oxygen atoms in total. The molecule has 1 N–H and O–H groups in total. The van der Waals surface area contributed by atoms with Crippen LogP contribution in [0.3, 0.4) is 0 Å². The summed E-state index contributed by atoms with van der Waals surface area (Å²) in [6.45, 7) is 13.5. The van der Waals surface area contributed by atoms with Crippen molar-refractivity contribution in [3.05, 3.63) is 229 Å². The van der Waals surface area contributed by atoms with E-state index in [1.54, 1.807) is 6.20 Å². The highest BCUT2D eigenvalue weighted by molar-refractivity contribution is 5.92. The van der Waals surface area contributed by atoms with Gasteiger partial charge in [0.25, 0.3) is 0 Å². The van der Waals surface area contributed by atoms with Crippen molar-refractivity contribution in [2.45, 2.75) is 58.8 Å². The molecular weight excluding hydrogens is 805 g/mol. The zero-order valence-corrected chi connectivity index (χ0v) is 38.7. The molecule has 9 rings (SSSR count). The summed E-state index contributed by atoms with van der Waals surface area (Å²) in [5, 5.41) is 10.2. The molecule has 8 aromatic carbocycles. The van der Waals surface area contributed by atoms with E-state index >= 15 is 0 Å². The van der Waals surface area contributed by atoms with Gasteiger partial charge in [0.05, 0.1) is 5.52 Å². The molecule has 66 heavy (non-hydrogen) atoms. The van der Waals surface area contributed by atoms with Crippen LogP contribution in [0.15, 0.2) is 212 Å². The Labute approximate surface area is 390 Å². The van der Waals surface area contributed by atoms with E-state index < -0.39 is 0 Å². The fourth-order valence-electron chi connectivity index (χ4n) is 8.58. The van der Waals surface area contributed by atoms with E-state index in [0.717, 1.165) is 72.8 Å². The molecule has 0 saturated heterocycles. The Hall–Kier alpha value is -7.76. The van der Waals surface area contributed by atoms with Gasteiger partial charge >= 0.3 is 0 Å². The molecule has 0 bridgehead atoms. The first-order chi connectivity index (χ1) is 31.9. The average molecular weight is 861 g/mol. The van der Waals surface area contributed by atoms with Gasteiger partial charge in [0.1, 0.15) is 5.75 Å². The van der Waals surface area contributed by atoms with Gasteiger partial charge in [0.2, 0.25) is 0 Å². The third-order valence-corrected chi connectivity index (χ3v) is 12.1. The molecule has 9 aromatic rings. The molecule has 0 aliphatic rings. The molecule has 1 aromatic heterocycles. The number of nitrogens with one attached hydrogen (secondary N) is 1. The highest BCUT2D eigenvalue weighted by Crippen LogP contribution is 2.44. The molecule has 0 radical (unpaired) electrons. The van der Waals surface area contributed by atoms with Crippen LogP contribution in [-0.4, -0.2) is 10.9 Å². The molecular formula is C61H56N4O. The number of benzene rings is 8. The molecule has 5 heteroatoms. The number of anilines is 6. The van der Waals surface area contributed by atoms with Gasteiger partial charge in [-0.15, -0.1) is 0 Å². The highest BCUT2D eigenvalue weighted by atomic mass is 16.5. The van der Waals surface area contributed by atoms with Crippen LogP contribution in [0.25, 0.3) is 33.2 Å². The lowest BCUT2D eigenvalue weighted by Gasteiger charge is -2.29. The summed E-state index contributed by atoms with van der Waals surface area (Å²) in [5.41, 5.74) is 15.0. The minimum atomic E-state index is 0.0301. The van der Waals surface area contributed by atoms with Gasteiger partial charge in [-0.25, -0.2) is 0 Å². The first-order valence-corrected chi connectivity index (χ1v) is 22.7. The van der Waals surface area contributed by atoms with Gasteiger partial charge in [-0.1, -0.05) is 151 Å². The van der Waals surface area contributed by atoms with Gasteiger partial charge < -0.3 is 14.5 Å². The Bertz CT molecular complexity index is 3000. The van der Waals surface area contributed by atoms with Gasteiger partial charge in [-0.2, -0.15) is 0 Å². The van der Waals surface area contributed by atoms with Gasteiger partial charge in [0.15, 0.2) is 5.90 Å². The van der Waals surface area contributed by atoms with E-state index in [4.69, 9.17) is 4.74 Å². The van der Waals surface area contributed by atoms with E-state index in [2.05, 4.69) is 220 Å². The number of aromatic nitrogens is 1. The third kappa shape index (κ3) is 9.67. The molecule has 0 spiro atoms. The van der Waals surface area contributed by atoms with Crippen molar-refractivity contribution in [1.82, 2.24) is 4.98 Å². The number of fused-ring (bicyclic) bond motifs is 1. The van der Waals surface area contributed by atoms with E-state index in [1.807, 2.05) is 42.5 Å². The first-order valence-electron chi connectivity index (χ1n) is 22.7. The van der Waals surface area contributed by atoms with Crippen LogP contribution < -0.4 is 14.5 Å². The van der Waals surface area contributed by atoms with Crippen molar-refractivity contribution in [3.63, 3.8) is 0 Å². The normalized spacial score (nSPS) is 11.6. The second-order valence-corrected chi connectivity index (χ2v) is 19.0. The van der Waals surface area contributed by atoms with Gasteiger partial charge in [0, 0.05) is 58.2 Å². The topological polar surface area (TPSA) is 52.5 Å². The number of nitrogens with zero attached hydrogens (tertiary/aromatic N) is 3. The Morgan fingerprint density at radius 2 is 0.985 bits per heavy atom. The highest BCUT2D eigenvalue weighted by Gasteiger charge is 2.22. The second-order valence-electron chi connectivity index (χ2n) is 19.0. The van der Waals surface area contributed by atoms with Crippen LogP contribution >= 0.6 is 0 Å². The van der Waals surface area contributed by atoms with Gasteiger partial charge in [-0.3, -0.25) is 10.4 Å². The fourth-order valence-corrected chi connectivity index (χ4v) is 8.58. The van der Waals surface area contributed by atoms with Crippen LogP contribution in [0.5, 0.6) is 5.75 Å². The zero-order valence-electron chi connectivity index (χ0n) is 38.7. The number of hydrogen-bond acceptors (Lipinski definition) is 5. The Kier molecular flexibility index (Phi) is 12.1. The van der Waals surface area contributed by atoms with Crippen molar-refractivity contribution in [2.24, 2.45) is 0 Å². The standard InChI is InChI=1S/C61H56N4O/c1-60(2,3)47-25-29-51(30-26-47)64(52-31-27-48(28-32-52)61(4,5)6)53-33-35-56(57(41-53)44-17-10-7-11-18-44)46-37-43(39-59(62)66-55-34-24-45-19-16-36-63-58(45)42-55)38-54(40-46)65(49-20-12-8-13-21-49)50-22-14-9-15-23-50/h7-38,40-42,62H,39H2,1-6H3. The van der Waals surface area contributed by atoms with E-state index in [1.165, 1.54) is 11.1 Å². The maximum Gasteiger partial charge on any atom is 0.191 e. The van der Waals surface area contributed by atoms with Crippen LogP contribution in [0.1, 0.15) is 58.2 Å². The summed E-state index contributed by atoms with van der Waals surface area (Å²) in [7, 11) is 0. The number of hydrogen-bond donors (Lipinski definition) is 1. The molecule has 326 valence electrons. The van der Waals surface area contributed by atoms with Crippen LogP contribution in [0, 0.1) is 5.41 Å². The van der Waals surface area contributed by atoms with Crippen molar-refractivity contribution in [1.29, 1.82) is 5.41 Å². The smallest absolute Gasteiger partial charge is 0.191 e. The predicted octanol–water partition coefficient (Wildman–Crippen LogP) is 16.7. The predicted molar refractivity (Wildman–Crippen MR) is 278 cm³/mol. The molecule has 0 saturated carbocycles. The summed E-state index contributed by atoms with van der Waals surface area (Å²) in [5.74, 6) is 0.731. The van der Waals surface area contributed by atoms with Crippen molar-refractivity contribution in [2.75, 3.05) is 9.80 Å². The number of para-hydroxylation sites is 2. The lowest BCUT2D eigenvalue weighted by molar-refractivity contribution is 0.533. The summed E-state index contributed by atoms with van der Waals surface area (Å²) in [6, 6.07) is 72.9. The molecule has 0 unspecified atom stereocenters. The lowest BCUT2D eigenvalue weighted by Crippen LogP contribution is -2.14. The number of pyridine rings is 1. The summed E-state index contributed by atoms with van der Waals surface area (Å²) in [6.07, 6.45) is 2.05. The quantitative estimate of drug-likeness (QED) is 0.104. The number of ether oxygens (including phenoxy) is 1.